The molecule has 0 saturated heterocycles. The summed E-state index contributed by atoms with van der Waals surface area (Å²) in [6.45, 7) is 0.581. The fourth-order valence-electron chi connectivity index (χ4n) is 3.30. The SMILES string of the molecule is O=C(Cc1ccc(Br)cc1)NCC(c1cccs1)c1c[nH]c2ccccc12. The lowest BCUT2D eigenvalue weighted by atomic mass is 9.96. The Kier molecular flexibility index (Phi) is 5.41. The molecule has 4 aromatic rings. The molecule has 0 aliphatic carbocycles. The zero-order valence-corrected chi connectivity index (χ0v) is 17.0. The van der Waals surface area contributed by atoms with Crippen molar-refractivity contribution in [3.8, 4) is 0 Å². The van der Waals surface area contributed by atoms with Gasteiger partial charge in [-0.2, -0.15) is 0 Å². The molecule has 0 radical (unpaired) electrons. The van der Waals surface area contributed by atoms with Crippen molar-refractivity contribution in [2.75, 3.05) is 6.54 Å². The van der Waals surface area contributed by atoms with Gasteiger partial charge in [-0.25, -0.2) is 0 Å². The molecule has 1 amide bonds. The van der Waals surface area contributed by atoms with Crippen LogP contribution in [-0.2, 0) is 11.2 Å². The zero-order valence-electron chi connectivity index (χ0n) is 14.6. The number of H-pyrrole nitrogens is 1. The summed E-state index contributed by atoms with van der Waals surface area (Å²) in [7, 11) is 0. The van der Waals surface area contributed by atoms with E-state index >= 15 is 0 Å². The fraction of sp³-hybridized carbons (Fsp3) is 0.136. The van der Waals surface area contributed by atoms with Gasteiger partial charge in [0.1, 0.15) is 0 Å². The van der Waals surface area contributed by atoms with Crippen LogP contribution in [0.25, 0.3) is 10.9 Å². The van der Waals surface area contributed by atoms with Crippen molar-refractivity contribution in [2.24, 2.45) is 0 Å². The Morgan fingerprint density at radius 3 is 2.67 bits per heavy atom. The van der Waals surface area contributed by atoms with E-state index in [0.29, 0.717) is 13.0 Å². The standard InChI is InChI=1S/C22H19BrN2OS/c23-16-9-7-15(8-10-16)12-22(26)25-14-19(21-6-3-11-27-21)18-13-24-20-5-2-1-4-17(18)20/h1-11,13,19,24H,12,14H2,(H,25,26). The molecule has 27 heavy (non-hydrogen) atoms. The van der Waals surface area contributed by atoms with Crippen molar-refractivity contribution in [3.63, 3.8) is 0 Å². The minimum atomic E-state index is 0.0405. The molecular weight excluding hydrogens is 420 g/mol. The molecule has 0 spiro atoms. The molecule has 0 saturated carbocycles. The number of aromatic amines is 1. The zero-order chi connectivity index (χ0) is 18.6. The molecule has 2 heterocycles. The number of rotatable bonds is 6. The van der Waals surface area contributed by atoms with E-state index in [9.17, 15) is 4.79 Å². The largest absolute Gasteiger partial charge is 0.361 e. The van der Waals surface area contributed by atoms with E-state index in [-0.39, 0.29) is 11.8 Å². The second kappa shape index (κ2) is 8.11. The number of carbonyl (C=O) groups is 1. The Labute approximate surface area is 170 Å². The number of halogens is 1. The summed E-state index contributed by atoms with van der Waals surface area (Å²) in [6.07, 6.45) is 2.45. The van der Waals surface area contributed by atoms with Crippen LogP contribution >= 0.6 is 27.3 Å². The molecule has 2 aromatic carbocycles. The molecule has 4 rings (SSSR count). The van der Waals surface area contributed by atoms with Crippen molar-refractivity contribution in [1.29, 1.82) is 0 Å². The normalized spacial score (nSPS) is 12.2. The topological polar surface area (TPSA) is 44.9 Å². The molecule has 0 aliphatic heterocycles. The summed E-state index contributed by atoms with van der Waals surface area (Å²) in [6, 6.07) is 20.4. The van der Waals surface area contributed by atoms with E-state index in [2.05, 4.69) is 68.1 Å². The van der Waals surface area contributed by atoms with Crippen LogP contribution in [0, 0.1) is 0 Å². The van der Waals surface area contributed by atoms with Crippen molar-refractivity contribution in [2.45, 2.75) is 12.3 Å². The first-order valence-corrected chi connectivity index (χ1v) is 10.5. The van der Waals surface area contributed by atoms with Crippen molar-refractivity contribution in [3.05, 3.63) is 92.7 Å². The quantitative estimate of drug-likeness (QED) is 0.411. The van der Waals surface area contributed by atoms with E-state index < -0.39 is 0 Å². The van der Waals surface area contributed by atoms with Gasteiger partial charge in [0.2, 0.25) is 5.91 Å². The number of amides is 1. The number of hydrogen-bond acceptors (Lipinski definition) is 2. The third-order valence-corrected chi connectivity index (χ3v) is 6.18. The van der Waals surface area contributed by atoms with E-state index in [1.165, 1.54) is 15.8 Å². The van der Waals surface area contributed by atoms with Gasteiger partial charge < -0.3 is 10.3 Å². The van der Waals surface area contributed by atoms with Gasteiger partial charge in [0.15, 0.2) is 0 Å². The van der Waals surface area contributed by atoms with Gasteiger partial charge in [-0.05, 0) is 40.8 Å². The summed E-state index contributed by atoms with van der Waals surface area (Å²) in [5.41, 5.74) is 3.35. The lowest BCUT2D eigenvalue weighted by Crippen LogP contribution is -2.29. The highest BCUT2D eigenvalue weighted by Gasteiger charge is 2.20. The monoisotopic (exact) mass is 438 g/mol. The van der Waals surface area contributed by atoms with Crippen LogP contribution in [0.3, 0.4) is 0 Å². The average Bonchev–Trinajstić information content (AvgIpc) is 3.35. The number of carbonyl (C=O) groups excluding carboxylic acids is 1. The second-order valence-electron chi connectivity index (χ2n) is 6.46. The van der Waals surface area contributed by atoms with E-state index in [1.54, 1.807) is 11.3 Å². The van der Waals surface area contributed by atoms with Gasteiger partial charge >= 0.3 is 0 Å². The maximum atomic E-state index is 12.5. The van der Waals surface area contributed by atoms with Crippen LogP contribution in [0.15, 0.2) is 76.7 Å². The summed E-state index contributed by atoms with van der Waals surface area (Å²) >= 11 is 5.15. The van der Waals surface area contributed by atoms with Crippen LogP contribution in [0.4, 0.5) is 0 Å². The maximum absolute atomic E-state index is 12.5. The van der Waals surface area contributed by atoms with Crippen molar-refractivity contribution >= 4 is 44.1 Å². The van der Waals surface area contributed by atoms with Gasteiger partial charge in [-0.3, -0.25) is 4.79 Å². The van der Waals surface area contributed by atoms with Gasteiger partial charge in [0, 0.05) is 38.9 Å². The van der Waals surface area contributed by atoms with Crippen LogP contribution in [0.2, 0.25) is 0 Å². The Bertz CT molecular complexity index is 1040. The highest BCUT2D eigenvalue weighted by Crippen LogP contribution is 2.32. The van der Waals surface area contributed by atoms with Crippen molar-refractivity contribution in [1.82, 2.24) is 10.3 Å². The minimum absolute atomic E-state index is 0.0405. The number of para-hydroxylation sites is 1. The Balaban J connectivity index is 1.52. The lowest BCUT2D eigenvalue weighted by Gasteiger charge is -2.16. The second-order valence-corrected chi connectivity index (χ2v) is 8.36. The predicted molar refractivity (Wildman–Crippen MR) is 115 cm³/mol. The van der Waals surface area contributed by atoms with Crippen molar-refractivity contribution < 1.29 is 4.79 Å². The Hall–Kier alpha value is -2.37. The summed E-state index contributed by atoms with van der Waals surface area (Å²) in [5, 5.41) is 6.42. The lowest BCUT2D eigenvalue weighted by molar-refractivity contribution is -0.120. The number of benzene rings is 2. The molecule has 136 valence electrons. The molecule has 0 bridgehead atoms. The molecule has 1 atom stereocenters. The number of aromatic nitrogens is 1. The molecule has 1 unspecified atom stereocenters. The highest BCUT2D eigenvalue weighted by atomic mass is 79.9. The highest BCUT2D eigenvalue weighted by molar-refractivity contribution is 9.10. The van der Waals surface area contributed by atoms with Gasteiger partial charge in [-0.1, -0.05) is 52.3 Å². The first kappa shape index (κ1) is 18.0. The van der Waals surface area contributed by atoms with E-state index in [4.69, 9.17) is 0 Å². The molecule has 0 aliphatic rings. The number of hydrogen-bond donors (Lipinski definition) is 2. The first-order valence-electron chi connectivity index (χ1n) is 8.81. The molecule has 3 nitrogen and oxygen atoms in total. The summed E-state index contributed by atoms with van der Waals surface area (Å²) in [4.78, 5) is 17.1. The number of thiophene rings is 1. The fourth-order valence-corrected chi connectivity index (χ4v) is 4.41. The number of nitrogens with one attached hydrogen (secondary N) is 2. The van der Waals surface area contributed by atoms with Crippen LogP contribution in [0.1, 0.15) is 21.9 Å². The molecule has 2 N–H and O–H groups in total. The van der Waals surface area contributed by atoms with E-state index in [0.717, 1.165) is 15.6 Å². The van der Waals surface area contributed by atoms with Gasteiger partial charge in [-0.15, -0.1) is 11.3 Å². The first-order chi connectivity index (χ1) is 13.2. The van der Waals surface area contributed by atoms with Crippen LogP contribution < -0.4 is 5.32 Å². The molecule has 0 fully saturated rings. The van der Waals surface area contributed by atoms with Gasteiger partial charge in [0.25, 0.3) is 0 Å². The third kappa shape index (κ3) is 4.15. The smallest absolute Gasteiger partial charge is 0.224 e. The Morgan fingerprint density at radius 1 is 1.07 bits per heavy atom. The van der Waals surface area contributed by atoms with Crippen LogP contribution in [0.5, 0.6) is 0 Å². The summed E-state index contributed by atoms with van der Waals surface area (Å²) < 4.78 is 1.02. The summed E-state index contributed by atoms with van der Waals surface area (Å²) in [5.74, 6) is 0.175. The number of fused-ring (bicyclic) bond motifs is 1. The predicted octanol–water partition coefficient (Wildman–Crippen LogP) is 5.48. The minimum Gasteiger partial charge on any atom is -0.361 e. The Morgan fingerprint density at radius 2 is 1.89 bits per heavy atom. The van der Waals surface area contributed by atoms with Gasteiger partial charge in [0.05, 0.1) is 6.42 Å². The van der Waals surface area contributed by atoms with E-state index in [1.807, 2.05) is 30.3 Å². The van der Waals surface area contributed by atoms with Crippen LogP contribution in [-0.4, -0.2) is 17.4 Å². The molecule has 5 heteroatoms. The third-order valence-electron chi connectivity index (χ3n) is 4.66. The molecular formula is C22H19BrN2OS. The maximum Gasteiger partial charge on any atom is 0.224 e. The molecule has 2 aromatic heterocycles. The average molecular weight is 439 g/mol.